The highest BCUT2D eigenvalue weighted by molar-refractivity contribution is 8.00. The van der Waals surface area contributed by atoms with Gasteiger partial charge in [-0.2, -0.15) is 0 Å². The van der Waals surface area contributed by atoms with Gasteiger partial charge >= 0.3 is 0 Å². The van der Waals surface area contributed by atoms with Gasteiger partial charge in [-0.1, -0.05) is 29.8 Å². The van der Waals surface area contributed by atoms with Crippen LogP contribution < -0.4 is 0 Å². The molecular formula is C16H17ClN4O2S. The molecule has 1 aliphatic rings. The number of nitrogens with zero attached hydrogens (tertiary/aromatic N) is 4. The lowest BCUT2D eigenvalue weighted by atomic mass is 10.2. The number of aryl methyl sites for hydroxylation is 1. The summed E-state index contributed by atoms with van der Waals surface area (Å²) in [7, 11) is 1.83. The molecule has 1 atom stereocenters. The van der Waals surface area contributed by atoms with E-state index in [1.807, 2.05) is 7.05 Å². The molecule has 2 heterocycles. The standard InChI is InChI=1S/C16H17ClN4O2S/c1-20-10-18-19-16(20)24-13-4-2-3-9-21(15(13)23)14(22)11-5-7-12(17)8-6-11/h5-8,10,13H,2-4,9H2,1H3/t13-/m0/s1. The van der Waals surface area contributed by atoms with Crippen LogP contribution in [0, 0.1) is 0 Å². The monoisotopic (exact) mass is 364 g/mol. The van der Waals surface area contributed by atoms with Gasteiger partial charge in [0.2, 0.25) is 5.91 Å². The van der Waals surface area contributed by atoms with Crippen molar-refractivity contribution in [3.05, 3.63) is 41.2 Å². The second-order valence-electron chi connectivity index (χ2n) is 5.63. The van der Waals surface area contributed by atoms with E-state index in [0.717, 1.165) is 19.3 Å². The number of aromatic nitrogens is 3. The zero-order chi connectivity index (χ0) is 17.1. The van der Waals surface area contributed by atoms with Crippen molar-refractivity contribution in [3.8, 4) is 0 Å². The van der Waals surface area contributed by atoms with Crippen LogP contribution in [0.15, 0.2) is 35.7 Å². The number of amides is 2. The van der Waals surface area contributed by atoms with Crippen LogP contribution in [0.25, 0.3) is 0 Å². The molecule has 0 radical (unpaired) electrons. The molecule has 24 heavy (non-hydrogen) atoms. The van der Waals surface area contributed by atoms with Crippen molar-refractivity contribution in [1.82, 2.24) is 19.7 Å². The summed E-state index contributed by atoms with van der Waals surface area (Å²) in [6, 6.07) is 6.60. The zero-order valence-electron chi connectivity index (χ0n) is 13.2. The van der Waals surface area contributed by atoms with E-state index in [-0.39, 0.29) is 17.1 Å². The number of carbonyl (C=O) groups excluding carboxylic acids is 2. The Morgan fingerprint density at radius 1 is 1.29 bits per heavy atom. The first-order valence-electron chi connectivity index (χ1n) is 7.68. The maximum Gasteiger partial charge on any atom is 0.260 e. The van der Waals surface area contributed by atoms with Gasteiger partial charge in [0, 0.05) is 24.2 Å². The molecule has 1 aromatic carbocycles. The molecule has 8 heteroatoms. The number of likely N-dealkylation sites (tertiary alicyclic amines) is 1. The molecule has 0 unspecified atom stereocenters. The smallest absolute Gasteiger partial charge is 0.260 e. The molecule has 1 fully saturated rings. The van der Waals surface area contributed by atoms with Gasteiger partial charge in [0.1, 0.15) is 6.33 Å². The Balaban J connectivity index is 1.79. The summed E-state index contributed by atoms with van der Waals surface area (Å²) in [5.41, 5.74) is 0.469. The molecule has 3 rings (SSSR count). The third-order valence-corrected chi connectivity index (χ3v) is 5.45. The van der Waals surface area contributed by atoms with Crippen LogP contribution in [-0.4, -0.2) is 43.3 Å². The molecule has 0 aliphatic carbocycles. The molecule has 1 aliphatic heterocycles. The number of benzene rings is 1. The van der Waals surface area contributed by atoms with Crippen LogP contribution in [0.1, 0.15) is 29.6 Å². The molecule has 0 spiro atoms. The number of carbonyl (C=O) groups is 2. The second-order valence-corrected chi connectivity index (χ2v) is 7.23. The Bertz CT molecular complexity index is 747. The lowest BCUT2D eigenvalue weighted by molar-refractivity contribution is -0.127. The Morgan fingerprint density at radius 3 is 2.71 bits per heavy atom. The van der Waals surface area contributed by atoms with E-state index in [0.29, 0.717) is 22.3 Å². The lowest BCUT2D eigenvalue weighted by Gasteiger charge is -2.22. The summed E-state index contributed by atoms with van der Waals surface area (Å²) in [4.78, 5) is 26.9. The van der Waals surface area contributed by atoms with Crippen LogP contribution in [0.3, 0.4) is 0 Å². The highest BCUT2D eigenvalue weighted by Gasteiger charge is 2.33. The average Bonchev–Trinajstić information content (AvgIpc) is 2.88. The first-order chi connectivity index (χ1) is 11.6. The van der Waals surface area contributed by atoms with Gasteiger partial charge < -0.3 is 4.57 Å². The minimum absolute atomic E-state index is 0.166. The molecule has 0 N–H and O–H groups in total. The molecule has 126 valence electrons. The largest absolute Gasteiger partial charge is 0.312 e. The molecular weight excluding hydrogens is 348 g/mol. The maximum absolute atomic E-state index is 12.9. The van der Waals surface area contributed by atoms with E-state index < -0.39 is 0 Å². The van der Waals surface area contributed by atoms with Gasteiger partial charge in [-0.3, -0.25) is 14.5 Å². The van der Waals surface area contributed by atoms with Gasteiger partial charge in [-0.15, -0.1) is 10.2 Å². The topological polar surface area (TPSA) is 68.1 Å². The number of hydrogen-bond donors (Lipinski definition) is 0. The van der Waals surface area contributed by atoms with E-state index in [9.17, 15) is 9.59 Å². The van der Waals surface area contributed by atoms with Gasteiger partial charge in [0.05, 0.1) is 5.25 Å². The van der Waals surface area contributed by atoms with E-state index >= 15 is 0 Å². The summed E-state index contributed by atoms with van der Waals surface area (Å²) in [6.07, 6.45) is 4.02. The predicted molar refractivity (Wildman–Crippen MR) is 92.0 cm³/mol. The normalized spacial score (nSPS) is 18.5. The number of imide groups is 1. The Kier molecular flexibility index (Phi) is 5.20. The number of thioether (sulfide) groups is 1. The summed E-state index contributed by atoms with van der Waals surface area (Å²) in [5, 5.41) is 8.76. The number of halogens is 1. The van der Waals surface area contributed by atoms with Gasteiger partial charge in [-0.25, -0.2) is 0 Å². The van der Waals surface area contributed by atoms with Crippen molar-refractivity contribution >= 4 is 35.2 Å². The molecule has 1 saturated heterocycles. The summed E-state index contributed by atoms with van der Waals surface area (Å²) in [6.45, 7) is 0.441. The van der Waals surface area contributed by atoms with Crippen molar-refractivity contribution in [3.63, 3.8) is 0 Å². The summed E-state index contributed by atoms with van der Waals surface area (Å²) < 4.78 is 1.77. The molecule has 6 nitrogen and oxygen atoms in total. The zero-order valence-corrected chi connectivity index (χ0v) is 14.8. The van der Waals surface area contributed by atoms with Crippen LogP contribution in [-0.2, 0) is 11.8 Å². The van der Waals surface area contributed by atoms with Crippen LogP contribution in [0.4, 0.5) is 0 Å². The molecule has 1 aromatic heterocycles. The van der Waals surface area contributed by atoms with Crippen LogP contribution in [0.5, 0.6) is 0 Å². The third-order valence-electron chi connectivity index (χ3n) is 3.89. The molecule has 2 amide bonds. The maximum atomic E-state index is 12.9. The third kappa shape index (κ3) is 3.62. The Hall–Kier alpha value is -1.86. The fraction of sp³-hybridized carbons (Fsp3) is 0.375. The summed E-state index contributed by atoms with van der Waals surface area (Å²) >= 11 is 7.23. The van der Waals surface area contributed by atoms with Gasteiger partial charge in [-0.05, 0) is 37.1 Å². The Labute approximate surface area is 149 Å². The van der Waals surface area contributed by atoms with E-state index in [2.05, 4.69) is 10.2 Å². The van der Waals surface area contributed by atoms with Crippen molar-refractivity contribution in [2.45, 2.75) is 29.7 Å². The fourth-order valence-electron chi connectivity index (χ4n) is 2.57. The molecule has 2 aromatic rings. The number of hydrogen-bond acceptors (Lipinski definition) is 5. The quantitative estimate of drug-likeness (QED) is 0.783. The van der Waals surface area contributed by atoms with Crippen LogP contribution >= 0.6 is 23.4 Å². The minimum atomic E-state index is -0.327. The van der Waals surface area contributed by atoms with E-state index in [1.165, 1.54) is 16.7 Å². The second kappa shape index (κ2) is 7.36. The highest BCUT2D eigenvalue weighted by atomic mass is 35.5. The predicted octanol–water partition coefficient (Wildman–Crippen LogP) is 2.78. The highest BCUT2D eigenvalue weighted by Crippen LogP contribution is 2.29. The summed E-state index contributed by atoms with van der Waals surface area (Å²) in [5.74, 6) is -0.442. The van der Waals surface area contributed by atoms with Gasteiger partial charge in [0.25, 0.3) is 5.91 Å². The van der Waals surface area contributed by atoms with E-state index in [4.69, 9.17) is 11.6 Å². The van der Waals surface area contributed by atoms with Crippen molar-refractivity contribution in [1.29, 1.82) is 0 Å². The van der Waals surface area contributed by atoms with E-state index in [1.54, 1.807) is 35.2 Å². The minimum Gasteiger partial charge on any atom is -0.312 e. The lowest BCUT2D eigenvalue weighted by Crippen LogP contribution is -2.41. The number of rotatable bonds is 3. The van der Waals surface area contributed by atoms with Crippen molar-refractivity contribution in [2.75, 3.05) is 6.54 Å². The molecule has 0 bridgehead atoms. The van der Waals surface area contributed by atoms with Gasteiger partial charge in [0.15, 0.2) is 5.16 Å². The first kappa shape index (κ1) is 17.0. The SMILES string of the molecule is Cn1cnnc1S[C@H]1CCCCN(C(=O)c2ccc(Cl)cc2)C1=O. The van der Waals surface area contributed by atoms with Crippen LogP contribution in [0.2, 0.25) is 5.02 Å². The first-order valence-corrected chi connectivity index (χ1v) is 8.94. The van der Waals surface area contributed by atoms with Crippen molar-refractivity contribution in [2.24, 2.45) is 7.05 Å². The average molecular weight is 365 g/mol. The Morgan fingerprint density at radius 2 is 2.04 bits per heavy atom. The molecule has 0 saturated carbocycles. The fourth-order valence-corrected chi connectivity index (χ4v) is 3.77. The van der Waals surface area contributed by atoms with Crippen molar-refractivity contribution < 1.29 is 9.59 Å².